The molecule has 0 aromatic heterocycles. The van der Waals surface area contributed by atoms with Crippen molar-refractivity contribution in [2.24, 2.45) is 0 Å². The first kappa shape index (κ1) is 15.8. The molecule has 2 fully saturated rings. The lowest BCUT2D eigenvalue weighted by Crippen LogP contribution is -2.50. The van der Waals surface area contributed by atoms with Crippen molar-refractivity contribution in [2.45, 2.75) is 19.1 Å². The fourth-order valence-electron chi connectivity index (χ4n) is 3.13. The summed E-state index contributed by atoms with van der Waals surface area (Å²) < 4.78 is 5.53. The molecule has 22 heavy (non-hydrogen) atoms. The number of amides is 1. The molecule has 2 aliphatic heterocycles. The first-order valence-corrected chi connectivity index (χ1v) is 9.15. The van der Waals surface area contributed by atoms with Crippen molar-refractivity contribution in [2.75, 3.05) is 44.3 Å². The minimum atomic E-state index is 0.152. The summed E-state index contributed by atoms with van der Waals surface area (Å²) in [7, 11) is 0. The third-order valence-corrected chi connectivity index (χ3v) is 5.38. The molecule has 120 valence electrons. The van der Waals surface area contributed by atoms with Crippen LogP contribution in [0.5, 0.6) is 0 Å². The number of carbonyl (C=O) groups is 1. The van der Waals surface area contributed by atoms with Crippen LogP contribution in [-0.2, 0) is 9.53 Å². The number of nitrogens with zero attached hydrogens (tertiary/aromatic N) is 2. The van der Waals surface area contributed by atoms with E-state index in [4.69, 9.17) is 4.74 Å². The highest BCUT2D eigenvalue weighted by Crippen LogP contribution is 2.29. The van der Waals surface area contributed by atoms with E-state index in [-0.39, 0.29) is 12.0 Å². The first-order chi connectivity index (χ1) is 10.7. The fourth-order valence-corrected chi connectivity index (χ4v) is 4.28. The lowest BCUT2D eigenvalue weighted by Gasteiger charge is -2.38. The van der Waals surface area contributed by atoms with Crippen LogP contribution in [0.4, 0.5) is 0 Å². The summed E-state index contributed by atoms with van der Waals surface area (Å²) in [5.74, 6) is 2.41. The Labute approximate surface area is 136 Å². The van der Waals surface area contributed by atoms with Crippen molar-refractivity contribution in [1.82, 2.24) is 9.80 Å². The molecule has 0 N–H and O–H groups in total. The lowest BCUT2D eigenvalue weighted by molar-refractivity contribution is -0.139. The minimum Gasteiger partial charge on any atom is -0.375 e. The van der Waals surface area contributed by atoms with Crippen molar-refractivity contribution in [3.05, 3.63) is 35.9 Å². The number of benzene rings is 1. The molecule has 0 aliphatic carbocycles. The molecular weight excluding hydrogens is 296 g/mol. The monoisotopic (exact) mass is 320 g/mol. The third kappa shape index (κ3) is 3.83. The predicted molar refractivity (Wildman–Crippen MR) is 90.1 cm³/mol. The van der Waals surface area contributed by atoms with Gasteiger partial charge in [-0.25, -0.2) is 0 Å². The highest BCUT2D eigenvalue weighted by atomic mass is 32.2. The molecule has 4 nitrogen and oxygen atoms in total. The molecule has 0 unspecified atom stereocenters. The molecule has 0 bridgehead atoms. The van der Waals surface area contributed by atoms with Crippen LogP contribution in [-0.4, -0.2) is 66.1 Å². The Kier molecular flexibility index (Phi) is 5.39. The average molecular weight is 320 g/mol. The van der Waals surface area contributed by atoms with Crippen LogP contribution in [0.3, 0.4) is 0 Å². The fraction of sp³-hybridized carbons (Fsp3) is 0.588. The molecule has 1 aromatic carbocycles. The summed E-state index contributed by atoms with van der Waals surface area (Å²) >= 11 is 1.98. The Bertz CT molecular complexity index is 497. The van der Waals surface area contributed by atoms with E-state index in [0.29, 0.717) is 19.2 Å². The van der Waals surface area contributed by atoms with E-state index < -0.39 is 0 Å². The van der Waals surface area contributed by atoms with E-state index in [0.717, 1.165) is 31.1 Å². The van der Waals surface area contributed by atoms with E-state index in [1.54, 1.807) is 0 Å². The standard InChI is InChI=1S/C17H24N2O2S/c1-14-11-19(7-9-21-14)17(20)12-18-8-10-22-13-16(18)15-5-3-2-4-6-15/h2-6,14,16H,7-13H2,1H3/t14-,16-/m0/s1. The maximum Gasteiger partial charge on any atom is 0.236 e. The summed E-state index contributed by atoms with van der Waals surface area (Å²) in [5.41, 5.74) is 1.32. The van der Waals surface area contributed by atoms with Gasteiger partial charge in [0.05, 0.1) is 19.3 Å². The summed E-state index contributed by atoms with van der Waals surface area (Å²) in [5, 5.41) is 0. The number of rotatable bonds is 3. The minimum absolute atomic E-state index is 0.152. The largest absolute Gasteiger partial charge is 0.375 e. The second-order valence-electron chi connectivity index (χ2n) is 5.99. The SMILES string of the molecule is C[C@H]1CN(C(=O)CN2CCSC[C@H]2c2ccccc2)CCO1. The lowest BCUT2D eigenvalue weighted by atomic mass is 10.1. The van der Waals surface area contributed by atoms with Crippen LogP contribution in [0.1, 0.15) is 18.5 Å². The Morgan fingerprint density at radius 3 is 2.91 bits per heavy atom. The number of carbonyl (C=O) groups excluding carboxylic acids is 1. The number of hydrogen-bond donors (Lipinski definition) is 0. The summed E-state index contributed by atoms with van der Waals surface area (Å²) in [6, 6.07) is 10.9. The molecule has 3 rings (SSSR count). The second-order valence-corrected chi connectivity index (χ2v) is 7.14. The van der Waals surface area contributed by atoms with Gasteiger partial charge in [-0.1, -0.05) is 30.3 Å². The zero-order chi connectivity index (χ0) is 15.4. The van der Waals surface area contributed by atoms with Gasteiger partial charge in [-0.2, -0.15) is 11.8 Å². The molecule has 1 amide bonds. The Hall–Kier alpha value is -1.04. The highest BCUT2D eigenvalue weighted by Gasteiger charge is 2.29. The maximum absolute atomic E-state index is 12.6. The number of hydrogen-bond acceptors (Lipinski definition) is 4. The van der Waals surface area contributed by atoms with Crippen molar-refractivity contribution < 1.29 is 9.53 Å². The summed E-state index contributed by atoms with van der Waals surface area (Å²) in [4.78, 5) is 16.9. The van der Waals surface area contributed by atoms with Gasteiger partial charge in [-0.05, 0) is 12.5 Å². The zero-order valence-electron chi connectivity index (χ0n) is 13.1. The van der Waals surface area contributed by atoms with Crippen LogP contribution in [0.2, 0.25) is 0 Å². The number of morpholine rings is 1. The average Bonchev–Trinajstić information content (AvgIpc) is 2.56. The molecule has 2 atom stereocenters. The van der Waals surface area contributed by atoms with Crippen molar-refractivity contribution >= 4 is 17.7 Å². The molecule has 0 radical (unpaired) electrons. The Morgan fingerprint density at radius 1 is 1.32 bits per heavy atom. The number of thioether (sulfide) groups is 1. The van der Waals surface area contributed by atoms with Crippen LogP contribution < -0.4 is 0 Å². The first-order valence-electron chi connectivity index (χ1n) is 8.00. The quantitative estimate of drug-likeness (QED) is 0.853. The van der Waals surface area contributed by atoms with Crippen LogP contribution in [0.25, 0.3) is 0 Å². The topological polar surface area (TPSA) is 32.8 Å². The van der Waals surface area contributed by atoms with E-state index in [1.165, 1.54) is 5.56 Å². The van der Waals surface area contributed by atoms with E-state index >= 15 is 0 Å². The molecule has 0 spiro atoms. The van der Waals surface area contributed by atoms with Gasteiger partial charge in [0, 0.05) is 37.2 Å². The van der Waals surface area contributed by atoms with Gasteiger partial charge in [0.2, 0.25) is 5.91 Å². The van der Waals surface area contributed by atoms with Gasteiger partial charge in [0.25, 0.3) is 0 Å². The molecule has 0 saturated carbocycles. The third-order valence-electron chi connectivity index (χ3n) is 4.36. The molecule has 2 saturated heterocycles. The van der Waals surface area contributed by atoms with Gasteiger partial charge in [-0.3, -0.25) is 9.69 Å². The van der Waals surface area contributed by atoms with Gasteiger partial charge in [0.1, 0.15) is 0 Å². The van der Waals surface area contributed by atoms with Gasteiger partial charge in [0.15, 0.2) is 0 Å². The van der Waals surface area contributed by atoms with Gasteiger partial charge < -0.3 is 9.64 Å². The second kappa shape index (κ2) is 7.49. The highest BCUT2D eigenvalue weighted by molar-refractivity contribution is 7.99. The van der Waals surface area contributed by atoms with Crippen LogP contribution in [0, 0.1) is 0 Å². The van der Waals surface area contributed by atoms with Gasteiger partial charge >= 0.3 is 0 Å². The Morgan fingerprint density at radius 2 is 2.14 bits per heavy atom. The van der Waals surface area contributed by atoms with E-state index in [9.17, 15) is 4.79 Å². The summed E-state index contributed by atoms with van der Waals surface area (Å²) in [6.45, 7) is 5.64. The summed E-state index contributed by atoms with van der Waals surface area (Å²) in [6.07, 6.45) is 0.152. The molecule has 5 heteroatoms. The Balaban J connectivity index is 1.65. The van der Waals surface area contributed by atoms with E-state index in [1.807, 2.05) is 29.7 Å². The van der Waals surface area contributed by atoms with Crippen molar-refractivity contribution in [3.63, 3.8) is 0 Å². The van der Waals surface area contributed by atoms with Gasteiger partial charge in [-0.15, -0.1) is 0 Å². The molecule has 1 aromatic rings. The zero-order valence-corrected chi connectivity index (χ0v) is 13.9. The normalized spacial score (nSPS) is 26.9. The number of ether oxygens (including phenoxy) is 1. The predicted octanol–water partition coefficient (Wildman–Crippen LogP) is 2.02. The molecule has 2 heterocycles. The van der Waals surface area contributed by atoms with Crippen LogP contribution in [0.15, 0.2) is 30.3 Å². The maximum atomic E-state index is 12.6. The van der Waals surface area contributed by atoms with E-state index in [2.05, 4.69) is 29.2 Å². The molecular formula is C17H24N2O2S. The smallest absolute Gasteiger partial charge is 0.236 e. The van der Waals surface area contributed by atoms with Crippen molar-refractivity contribution in [1.29, 1.82) is 0 Å². The molecule has 2 aliphatic rings. The van der Waals surface area contributed by atoms with Crippen molar-refractivity contribution in [3.8, 4) is 0 Å². The van der Waals surface area contributed by atoms with Crippen LogP contribution >= 0.6 is 11.8 Å².